The summed E-state index contributed by atoms with van der Waals surface area (Å²) < 4.78 is 96.0. The Morgan fingerprint density at radius 3 is 1.90 bits per heavy atom. The van der Waals surface area contributed by atoms with E-state index in [1.165, 1.54) is 18.2 Å². The van der Waals surface area contributed by atoms with Crippen LogP contribution in [0.2, 0.25) is 0 Å². The fourth-order valence-corrected chi connectivity index (χ4v) is 4.93. The fourth-order valence-electron chi connectivity index (χ4n) is 3.85. The lowest BCUT2D eigenvalue weighted by atomic mass is 10.1. The van der Waals surface area contributed by atoms with Gasteiger partial charge in [0.2, 0.25) is 11.8 Å². The third kappa shape index (κ3) is 7.07. The predicted molar refractivity (Wildman–Crippen MR) is 140 cm³/mol. The van der Waals surface area contributed by atoms with E-state index >= 15 is 0 Å². The highest BCUT2D eigenvalue weighted by atomic mass is 32.2. The molecule has 0 aromatic heterocycles. The Balaban J connectivity index is 1.60. The van der Waals surface area contributed by atoms with Crippen LogP contribution in [-0.4, -0.2) is 11.8 Å². The van der Waals surface area contributed by atoms with E-state index < -0.39 is 51.9 Å². The van der Waals surface area contributed by atoms with Crippen molar-refractivity contribution in [3.05, 3.63) is 125 Å². The minimum absolute atomic E-state index is 0.102. The normalized spacial score (nSPS) is 12.1. The van der Waals surface area contributed by atoms with E-state index in [1.54, 1.807) is 66.0 Å². The minimum atomic E-state index is -5.72. The Labute approximate surface area is 233 Å². The van der Waals surface area contributed by atoms with Gasteiger partial charge in [0.15, 0.2) is 23.3 Å². The molecule has 0 aliphatic rings. The topological polar surface area (TPSA) is 58.2 Å². The van der Waals surface area contributed by atoms with E-state index in [0.717, 1.165) is 17.3 Å². The summed E-state index contributed by atoms with van der Waals surface area (Å²) in [7, 11) is 0. The van der Waals surface area contributed by atoms with Crippen molar-refractivity contribution in [2.24, 2.45) is 0 Å². The lowest BCUT2D eigenvalue weighted by Gasteiger charge is -2.19. The zero-order valence-electron chi connectivity index (χ0n) is 20.7. The monoisotopic (exact) mass is 592 g/mol. The third-order valence-electron chi connectivity index (χ3n) is 5.71. The number of amides is 2. The summed E-state index contributed by atoms with van der Waals surface area (Å²) in [5, 5.41) is 3.16. The van der Waals surface area contributed by atoms with Gasteiger partial charge in [-0.3, -0.25) is 9.59 Å². The summed E-state index contributed by atoms with van der Waals surface area (Å²) in [4.78, 5) is 26.1. The summed E-state index contributed by atoms with van der Waals surface area (Å²) in [6.07, 6.45) is -5.62. The average molecular weight is 593 g/mol. The van der Waals surface area contributed by atoms with Gasteiger partial charge in [0.05, 0.1) is 6.42 Å². The van der Waals surface area contributed by atoms with Crippen molar-refractivity contribution in [3.8, 4) is 0 Å². The molecule has 1 unspecified atom stereocenters. The molecular weight excluding hydrogens is 573 g/mol. The summed E-state index contributed by atoms with van der Waals surface area (Å²) >= 11 is 0.866. The van der Waals surface area contributed by atoms with Crippen molar-refractivity contribution < 1.29 is 40.3 Å². The summed E-state index contributed by atoms with van der Waals surface area (Å²) in [6, 6.07) is 23.0. The molecule has 2 N–H and O–H groups in total. The smallest absolute Gasteiger partial charge is 0.326 e. The number of benzene rings is 4. The van der Waals surface area contributed by atoms with Gasteiger partial charge in [0.1, 0.15) is 16.5 Å². The number of alkyl halides is 3. The van der Waals surface area contributed by atoms with Gasteiger partial charge in [-0.15, -0.1) is 11.8 Å². The van der Waals surface area contributed by atoms with Crippen LogP contribution in [0.4, 0.5) is 42.1 Å². The maximum absolute atomic E-state index is 14.5. The zero-order valence-corrected chi connectivity index (χ0v) is 21.6. The molecule has 0 aliphatic heterocycles. The molecule has 41 heavy (non-hydrogen) atoms. The van der Waals surface area contributed by atoms with E-state index in [4.69, 9.17) is 0 Å². The Bertz CT molecular complexity index is 1540. The van der Waals surface area contributed by atoms with E-state index in [-0.39, 0.29) is 12.3 Å². The number of nitrogens with one attached hydrogen (secondary N) is 2. The van der Waals surface area contributed by atoms with Crippen molar-refractivity contribution in [2.75, 3.05) is 10.6 Å². The molecule has 12 heteroatoms. The molecule has 0 bridgehead atoms. The van der Waals surface area contributed by atoms with Crippen molar-refractivity contribution in [1.82, 2.24) is 0 Å². The van der Waals surface area contributed by atoms with Crippen LogP contribution in [0, 0.1) is 23.3 Å². The van der Waals surface area contributed by atoms with E-state index in [9.17, 15) is 40.3 Å². The highest BCUT2D eigenvalue weighted by Crippen LogP contribution is 2.41. The predicted octanol–water partition coefficient (Wildman–Crippen LogP) is 7.92. The second-order valence-corrected chi connectivity index (χ2v) is 9.82. The number of carbonyl (C=O) groups excluding carboxylic acids is 2. The van der Waals surface area contributed by atoms with Crippen LogP contribution in [0.3, 0.4) is 0 Å². The first-order valence-corrected chi connectivity index (χ1v) is 12.7. The number of rotatable bonds is 8. The van der Waals surface area contributed by atoms with Crippen molar-refractivity contribution in [2.45, 2.75) is 22.7 Å². The summed E-state index contributed by atoms with van der Waals surface area (Å²) in [6.45, 7) is 0. The quantitative estimate of drug-likeness (QED) is 0.124. The molecule has 1 atom stereocenters. The van der Waals surface area contributed by atoms with Gasteiger partial charge >= 0.3 is 6.18 Å². The Hall–Kier alpha value is -4.32. The second-order valence-electron chi connectivity index (χ2n) is 8.64. The molecule has 0 spiro atoms. The SMILES string of the molecule is O=C(Cc1ccccc1)Nc1cccc(SC(C(=O)Nc2c(F)c(F)c(C(F)(F)F)c(F)c2F)c2ccccc2)c1. The van der Waals surface area contributed by atoms with Crippen LogP contribution in [-0.2, 0) is 22.2 Å². The number of halogens is 7. The number of carbonyl (C=O) groups is 2. The van der Waals surface area contributed by atoms with Crippen molar-refractivity contribution >= 4 is 35.0 Å². The maximum Gasteiger partial charge on any atom is 0.422 e. The van der Waals surface area contributed by atoms with E-state index in [1.807, 2.05) is 6.07 Å². The summed E-state index contributed by atoms with van der Waals surface area (Å²) in [5.41, 5.74) is -2.96. The molecule has 4 aromatic rings. The Morgan fingerprint density at radius 1 is 0.732 bits per heavy atom. The molecule has 0 heterocycles. The minimum Gasteiger partial charge on any atom is -0.326 e. The van der Waals surface area contributed by atoms with E-state index in [0.29, 0.717) is 16.1 Å². The number of thioether (sulfide) groups is 1. The zero-order chi connectivity index (χ0) is 29.7. The standard InChI is InChI=1S/C29H19F7N2O2S/c30-22-21(29(34,35)36)23(31)25(33)26(24(22)32)38-28(40)27(17-10-5-2-6-11-17)41-19-13-7-12-18(15-19)37-20(39)14-16-8-3-1-4-9-16/h1-13,15,27H,14H2,(H,37,39)(H,38,40). The Kier molecular flexibility index (Phi) is 9.01. The van der Waals surface area contributed by atoms with Gasteiger partial charge in [0.25, 0.3) is 0 Å². The van der Waals surface area contributed by atoms with Crippen LogP contribution in [0.5, 0.6) is 0 Å². The molecule has 0 fully saturated rings. The fraction of sp³-hybridized carbons (Fsp3) is 0.103. The first-order chi connectivity index (χ1) is 19.5. The maximum atomic E-state index is 14.5. The van der Waals surface area contributed by atoms with Gasteiger partial charge < -0.3 is 10.6 Å². The molecule has 0 aliphatic carbocycles. The Morgan fingerprint density at radius 2 is 1.32 bits per heavy atom. The lowest BCUT2D eigenvalue weighted by molar-refractivity contribution is -0.143. The van der Waals surface area contributed by atoms with Crippen LogP contribution in [0.25, 0.3) is 0 Å². The highest BCUT2D eigenvalue weighted by Gasteiger charge is 2.42. The summed E-state index contributed by atoms with van der Waals surface area (Å²) in [5.74, 6) is -11.7. The largest absolute Gasteiger partial charge is 0.422 e. The van der Waals surface area contributed by atoms with Crippen molar-refractivity contribution in [1.29, 1.82) is 0 Å². The molecule has 4 nitrogen and oxygen atoms in total. The molecule has 0 saturated heterocycles. The van der Waals surface area contributed by atoms with Gasteiger partial charge in [-0.05, 0) is 29.3 Å². The van der Waals surface area contributed by atoms with Gasteiger partial charge in [0, 0.05) is 10.6 Å². The number of anilines is 2. The van der Waals surface area contributed by atoms with Gasteiger partial charge in [-0.1, -0.05) is 66.7 Å². The van der Waals surface area contributed by atoms with E-state index in [2.05, 4.69) is 5.32 Å². The van der Waals surface area contributed by atoms with Crippen LogP contribution >= 0.6 is 11.8 Å². The molecular formula is C29H19F7N2O2S. The molecule has 212 valence electrons. The van der Waals surface area contributed by atoms with Gasteiger partial charge in [-0.2, -0.15) is 13.2 Å². The van der Waals surface area contributed by atoms with Crippen LogP contribution in [0.15, 0.2) is 89.8 Å². The van der Waals surface area contributed by atoms with Gasteiger partial charge in [-0.25, -0.2) is 17.6 Å². The third-order valence-corrected chi connectivity index (χ3v) is 6.96. The molecule has 0 saturated carbocycles. The lowest BCUT2D eigenvalue weighted by Crippen LogP contribution is -2.23. The molecule has 4 aromatic carbocycles. The highest BCUT2D eigenvalue weighted by molar-refractivity contribution is 8.00. The molecule has 2 amide bonds. The van der Waals surface area contributed by atoms with Crippen LogP contribution < -0.4 is 10.6 Å². The van der Waals surface area contributed by atoms with Crippen molar-refractivity contribution in [3.63, 3.8) is 0 Å². The first kappa shape index (κ1) is 29.7. The molecule has 4 rings (SSSR count). The average Bonchev–Trinajstić information content (AvgIpc) is 2.93. The van der Waals surface area contributed by atoms with Crippen LogP contribution in [0.1, 0.15) is 21.9 Å². The number of hydrogen-bond donors (Lipinski definition) is 2. The molecule has 0 radical (unpaired) electrons. The first-order valence-electron chi connectivity index (χ1n) is 11.8. The number of hydrogen-bond acceptors (Lipinski definition) is 3. The second kappa shape index (κ2) is 12.5.